The summed E-state index contributed by atoms with van der Waals surface area (Å²) in [4.78, 5) is 41.7. The number of carbonyl (C=O) groups excluding carboxylic acids is 2. The van der Waals surface area contributed by atoms with E-state index in [1.165, 1.54) is 0 Å². The highest BCUT2D eigenvalue weighted by Crippen LogP contribution is 2.33. The average Bonchev–Trinajstić information content (AvgIpc) is 3.22. The minimum absolute atomic E-state index is 0.0663. The second-order valence-electron chi connectivity index (χ2n) is 8.31. The van der Waals surface area contributed by atoms with Crippen molar-refractivity contribution in [2.45, 2.75) is 31.4 Å². The van der Waals surface area contributed by atoms with Crippen molar-refractivity contribution >= 4 is 23.2 Å². The van der Waals surface area contributed by atoms with Gasteiger partial charge in [0.2, 0.25) is 0 Å². The number of likely N-dealkylation sites (tertiary alicyclic amines) is 1. The molecule has 9 nitrogen and oxygen atoms in total. The molecule has 3 aromatic heterocycles. The molecule has 2 amide bonds. The Kier molecular flexibility index (Phi) is 4.80. The van der Waals surface area contributed by atoms with E-state index in [9.17, 15) is 9.59 Å². The van der Waals surface area contributed by atoms with Gasteiger partial charge in [-0.25, -0.2) is 14.8 Å². The summed E-state index contributed by atoms with van der Waals surface area (Å²) in [6.07, 6.45) is 7.02. The Labute approximate surface area is 179 Å². The highest BCUT2D eigenvalue weighted by Gasteiger charge is 2.44. The molecule has 160 valence electrons. The summed E-state index contributed by atoms with van der Waals surface area (Å²) in [5.74, 6) is -0.0663. The maximum Gasteiger partial charge on any atom is 0.410 e. The first kappa shape index (κ1) is 19.5. The van der Waals surface area contributed by atoms with E-state index in [0.717, 1.165) is 24.2 Å². The number of likely N-dealkylation sites (N-methyl/N-ethyl adjacent to an activating group) is 1. The van der Waals surface area contributed by atoms with E-state index < -0.39 is 5.60 Å². The molecule has 5 rings (SSSR count). The number of nitrogens with zero attached hydrogens (tertiary/aromatic N) is 6. The van der Waals surface area contributed by atoms with Crippen LogP contribution in [0.15, 0.2) is 43.0 Å². The summed E-state index contributed by atoms with van der Waals surface area (Å²) in [7, 11) is 1.75. The number of hydrogen-bond donors (Lipinski definition) is 0. The zero-order valence-electron chi connectivity index (χ0n) is 17.4. The van der Waals surface area contributed by atoms with Gasteiger partial charge >= 0.3 is 6.09 Å². The van der Waals surface area contributed by atoms with Gasteiger partial charge in [-0.2, -0.15) is 0 Å². The Morgan fingerprint density at radius 1 is 1.19 bits per heavy atom. The van der Waals surface area contributed by atoms with Gasteiger partial charge in [-0.1, -0.05) is 6.07 Å². The maximum absolute atomic E-state index is 13.1. The zero-order chi connectivity index (χ0) is 21.4. The van der Waals surface area contributed by atoms with E-state index in [1.54, 1.807) is 36.7 Å². The molecule has 0 bridgehead atoms. The molecule has 2 fully saturated rings. The van der Waals surface area contributed by atoms with Crippen LogP contribution in [0.1, 0.15) is 35.3 Å². The summed E-state index contributed by atoms with van der Waals surface area (Å²) in [5.41, 5.74) is 2.36. The lowest BCUT2D eigenvalue weighted by molar-refractivity contribution is 0.0438. The highest BCUT2D eigenvalue weighted by atomic mass is 16.6. The van der Waals surface area contributed by atoms with E-state index in [0.29, 0.717) is 43.7 Å². The summed E-state index contributed by atoms with van der Waals surface area (Å²) in [6.45, 7) is 2.33. The lowest BCUT2D eigenvalue weighted by atomic mass is 9.95. The molecule has 0 aliphatic carbocycles. The Balaban J connectivity index is 1.31. The number of imidazole rings is 1. The van der Waals surface area contributed by atoms with Crippen molar-refractivity contribution in [1.82, 2.24) is 29.3 Å². The van der Waals surface area contributed by atoms with Gasteiger partial charge in [0.15, 0.2) is 5.65 Å². The van der Waals surface area contributed by atoms with Gasteiger partial charge in [-0.05, 0) is 31.0 Å². The third-order valence-electron chi connectivity index (χ3n) is 6.09. The molecule has 2 aliphatic heterocycles. The molecule has 1 unspecified atom stereocenters. The quantitative estimate of drug-likeness (QED) is 0.646. The predicted octanol–water partition coefficient (Wildman–Crippen LogP) is 2.32. The highest BCUT2D eigenvalue weighted by molar-refractivity contribution is 5.96. The van der Waals surface area contributed by atoms with Gasteiger partial charge < -0.3 is 19.1 Å². The molecule has 5 heterocycles. The Hall–Kier alpha value is -3.49. The second kappa shape index (κ2) is 7.64. The smallest absolute Gasteiger partial charge is 0.410 e. The first-order valence-corrected chi connectivity index (χ1v) is 10.5. The van der Waals surface area contributed by atoms with Crippen molar-refractivity contribution in [3.63, 3.8) is 0 Å². The number of hydrogen-bond acceptors (Lipinski definition) is 6. The Bertz CT molecular complexity index is 1130. The Morgan fingerprint density at radius 3 is 2.87 bits per heavy atom. The minimum Gasteiger partial charge on any atom is -0.441 e. The molecule has 31 heavy (non-hydrogen) atoms. The number of aromatic nitrogens is 4. The van der Waals surface area contributed by atoms with Gasteiger partial charge in [0.05, 0.1) is 30.7 Å². The molecule has 0 aromatic carbocycles. The van der Waals surface area contributed by atoms with Crippen molar-refractivity contribution in [2.24, 2.45) is 0 Å². The van der Waals surface area contributed by atoms with Crippen molar-refractivity contribution in [3.05, 3.63) is 54.2 Å². The number of ether oxygens (including phenoxy) is 1. The van der Waals surface area contributed by atoms with E-state index in [2.05, 4.69) is 15.0 Å². The molecule has 0 N–H and O–H groups in total. The van der Waals surface area contributed by atoms with Crippen molar-refractivity contribution < 1.29 is 14.3 Å². The van der Waals surface area contributed by atoms with Crippen LogP contribution in [0.3, 0.4) is 0 Å². The van der Waals surface area contributed by atoms with Gasteiger partial charge in [0.25, 0.3) is 5.91 Å². The number of fused-ring (bicyclic) bond motifs is 1. The van der Waals surface area contributed by atoms with Gasteiger partial charge in [-0.15, -0.1) is 0 Å². The van der Waals surface area contributed by atoms with Crippen molar-refractivity contribution in [2.75, 3.05) is 26.7 Å². The third kappa shape index (κ3) is 3.71. The predicted molar refractivity (Wildman–Crippen MR) is 112 cm³/mol. The van der Waals surface area contributed by atoms with Crippen LogP contribution in [0.5, 0.6) is 0 Å². The van der Waals surface area contributed by atoms with Crippen molar-refractivity contribution in [1.29, 1.82) is 0 Å². The fourth-order valence-electron chi connectivity index (χ4n) is 4.45. The van der Waals surface area contributed by atoms with Gasteiger partial charge in [0, 0.05) is 39.0 Å². The molecule has 1 spiro atoms. The normalized spacial score (nSPS) is 21.5. The molecule has 2 saturated heterocycles. The first-order valence-electron chi connectivity index (χ1n) is 10.5. The fourth-order valence-corrected chi connectivity index (χ4v) is 4.45. The average molecular weight is 420 g/mol. The standard InChI is InChI=1S/C22H24N6O3/c1-26-14-22(31-21(26)30)6-4-9-27(10-7-22)20(29)16-11-18-19(24-12-16)28(15-25-18)13-17-5-2-3-8-23-17/h2-3,5,8,11-12,15H,4,6-7,9-10,13-14H2,1H3. The molecule has 2 aliphatic rings. The van der Waals surface area contributed by atoms with E-state index >= 15 is 0 Å². The van der Waals surface area contributed by atoms with E-state index in [-0.39, 0.29) is 12.0 Å². The fraction of sp³-hybridized carbons (Fsp3) is 0.409. The number of amides is 2. The summed E-state index contributed by atoms with van der Waals surface area (Å²) in [6, 6.07) is 7.58. The number of carbonyl (C=O) groups is 2. The molecular formula is C22H24N6O3. The zero-order valence-corrected chi connectivity index (χ0v) is 17.4. The Morgan fingerprint density at radius 2 is 2.10 bits per heavy atom. The van der Waals surface area contributed by atoms with Crippen LogP contribution in [-0.2, 0) is 11.3 Å². The van der Waals surface area contributed by atoms with Crippen LogP contribution >= 0.6 is 0 Å². The molecule has 9 heteroatoms. The van der Waals surface area contributed by atoms with Crippen LogP contribution in [0.2, 0.25) is 0 Å². The summed E-state index contributed by atoms with van der Waals surface area (Å²) < 4.78 is 7.57. The third-order valence-corrected chi connectivity index (χ3v) is 6.09. The molecule has 1 atom stereocenters. The van der Waals surface area contributed by atoms with Crippen LogP contribution in [-0.4, -0.2) is 73.6 Å². The van der Waals surface area contributed by atoms with Gasteiger partial charge in [0.1, 0.15) is 11.1 Å². The van der Waals surface area contributed by atoms with Crippen LogP contribution in [0, 0.1) is 0 Å². The lowest BCUT2D eigenvalue weighted by Crippen LogP contribution is -2.36. The maximum atomic E-state index is 13.1. The molecule has 0 radical (unpaired) electrons. The van der Waals surface area contributed by atoms with E-state index in [4.69, 9.17) is 4.74 Å². The lowest BCUT2D eigenvalue weighted by Gasteiger charge is -2.25. The number of rotatable bonds is 3. The molecule has 3 aromatic rings. The topological polar surface area (TPSA) is 93.5 Å². The first-order chi connectivity index (χ1) is 15.0. The molecular weight excluding hydrogens is 396 g/mol. The SMILES string of the molecule is CN1CC2(CCCN(C(=O)c3cnc4c(c3)ncn4Cc3ccccn3)CC2)OC1=O. The molecule has 0 saturated carbocycles. The van der Waals surface area contributed by atoms with Crippen LogP contribution in [0.25, 0.3) is 11.2 Å². The summed E-state index contributed by atoms with van der Waals surface area (Å²) >= 11 is 0. The number of pyridine rings is 2. The van der Waals surface area contributed by atoms with E-state index in [1.807, 2.05) is 27.7 Å². The van der Waals surface area contributed by atoms with Gasteiger partial charge in [-0.3, -0.25) is 9.78 Å². The minimum atomic E-state index is -0.479. The van der Waals surface area contributed by atoms with Crippen LogP contribution in [0.4, 0.5) is 4.79 Å². The summed E-state index contributed by atoms with van der Waals surface area (Å²) in [5, 5.41) is 0. The monoisotopic (exact) mass is 420 g/mol. The van der Waals surface area contributed by atoms with Crippen LogP contribution < -0.4 is 0 Å². The second-order valence-corrected chi connectivity index (χ2v) is 8.31. The van der Waals surface area contributed by atoms with Crippen molar-refractivity contribution in [3.8, 4) is 0 Å². The largest absolute Gasteiger partial charge is 0.441 e.